The topological polar surface area (TPSA) is 38.3 Å². The number of hydrogen-bond acceptors (Lipinski definition) is 2. The number of carbonyl (C=O) groups is 1. The van der Waals surface area contributed by atoms with Crippen LogP contribution in [0.5, 0.6) is 0 Å². The number of hydrogen-bond donors (Lipinski definition) is 1. The zero-order chi connectivity index (χ0) is 12.5. The quantitative estimate of drug-likeness (QED) is 0.848. The minimum absolute atomic E-state index is 0.0255. The number of rotatable bonds is 1. The number of benzene rings is 1. The first-order valence-electron chi connectivity index (χ1n) is 6.46. The Labute approximate surface area is 111 Å². The smallest absolute Gasteiger partial charge is 0.227 e. The van der Waals surface area contributed by atoms with Crippen LogP contribution in [0.15, 0.2) is 24.3 Å². The molecule has 3 rings (SSSR count). The molecule has 3 atom stereocenters. The Balaban J connectivity index is 1.83. The molecular formula is C14H16ClNO2. The van der Waals surface area contributed by atoms with Crippen LogP contribution in [0, 0.1) is 5.92 Å². The van der Waals surface area contributed by atoms with Gasteiger partial charge in [0.25, 0.3) is 0 Å². The van der Waals surface area contributed by atoms with E-state index in [9.17, 15) is 4.79 Å². The van der Waals surface area contributed by atoms with Crippen molar-refractivity contribution in [1.29, 1.82) is 0 Å². The fourth-order valence-corrected chi connectivity index (χ4v) is 3.08. The lowest BCUT2D eigenvalue weighted by molar-refractivity contribution is -0.159. The molecule has 1 saturated heterocycles. The normalized spacial score (nSPS) is 31.6. The molecule has 1 aliphatic heterocycles. The molecule has 0 bridgehead atoms. The lowest BCUT2D eigenvalue weighted by Gasteiger charge is -2.39. The highest BCUT2D eigenvalue weighted by atomic mass is 35.5. The summed E-state index contributed by atoms with van der Waals surface area (Å²) in [5, 5.41) is 3.56. The average molecular weight is 266 g/mol. The van der Waals surface area contributed by atoms with E-state index in [2.05, 4.69) is 5.32 Å². The molecule has 1 aliphatic carbocycles. The third kappa shape index (κ3) is 2.13. The molecule has 1 amide bonds. The molecule has 0 radical (unpaired) electrons. The van der Waals surface area contributed by atoms with Gasteiger partial charge in [-0.1, -0.05) is 42.6 Å². The number of amides is 1. The van der Waals surface area contributed by atoms with Crippen LogP contribution in [0.25, 0.3) is 0 Å². The molecule has 0 aromatic heterocycles. The molecule has 3 unspecified atom stereocenters. The average Bonchev–Trinajstić information content (AvgIpc) is 2.39. The van der Waals surface area contributed by atoms with Crippen molar-refractivity contribution in [3.8, 4) is 0 Å². The van der Waals surface area contributed by atoms with Crippen molar-refractivity contribution in [2.45, 2.75) is 38.0 Å². The van der Waals surface area contributed by atoms with Crippen LogP contribution in [-0.2, 0) is 9.53 Å². The van der Waals surface area contributed by atoms with E-state index in [1.807, 2.05) is 24.3 Å². The Bertz CT molecular complexity index is 463. The summed E-state index contributed by atoms with van der Waals surface area (Å²) in [6.45, 7) is 0. The summed E-state index contributed by atoms with van der Waals surface area (Å²) in [5.74, 6) is 0.133. The number of fused-ring (bicyclic) bond motifs is 1. The van der Waals surface area contributed by atoms with Crippen LogP contribution in [0.1, 0.15) is 37.5 Å². The third-order valence-corrected chi connectivity index (χ3v) is 4.16. The molecule has 1 heterocycles. The Kier molecular flexibility index (Phi) is 3.27. The van der Waals surface area contributed by atoms with Gasteiger partial charge in [0, 0.05) is 10.6 Å². The van der Waals surface area contributed by atoms with Gasteiger partial charge in [0.1, 0.15) is 0 Å². The summed E-state index contributed by atoms with van der Waals surface area (Å²) in [7, 11) is 0. The van der Waals surface area contributed by atoms with Crippen molar-refractivity contribution in [3.05, 3.63) is 34.9 Å². The summed E-state index contributed by atoms with van der Waals surface area (Å²) in [4.78, 5) is 12.1. The van der Waals surface area contributed by atoms with E-state index >= 15 is 0 Å². The van der Waals surface area contributed by atoms with Crippen molar-refractivity contribution in [2.75, 3.05) is 0 Å². The zero-order valence-corrected chi connectivity index (χ0v) is 10.8. The van der Waals surface area contributed by atoms with Gasteiger partial charge >= 0.3 is 0 Å². The van der Waals surface area contributed by atoms with Gasteiger partial charge in [-0.2, -0.15) is 0 Å². The van der Waals surface area contributed by atoms with Crippen molar-refractivity contribution in [3.63, 3.8) is 0 Å². The molecule has 18 heavy (non-hydrogen) atoms. The Morgan fingerprint density at radius 2 is 2.00 bits per heavy atom. The first-order chi connectivity index (χ1) is 8.75. The maximum absolute atomic E-state index is 12.1. The van der Waals surface area contributed by atoms with Gasteiger partial charge in [0.2, 0.25) is 5.91 Å². The minimum atomic E-state index is -0.398. The Hall–Kier alpha value is -1.06. The SMILES string of the molecule is O=C1NC(c2ccccc2Cl)OC2CCCCC12. The predicted octanol–water partition coefficient (Wildman–Crippen LogP) is 3.04. The molecule has 2 fully saturated rings. The van der Waals surface area contributed by atoms with Gasteiger partial charge in [-0.3, -0.25) is 4.79 Å². The van der Waals surface area contributed by atoms with Crippen LogP contribution < -0.4 is 5.32 Å². The maximum atomic E-state index is 12.1. The second kappa shape index (κ2) is 4.90. The van der Waals surface area contributed by atoms with Gasteiger partial charge in [-0.05, 0) is 18.9 Å². The Morgan fingerprint density at radius 1 is 1.22 bits per heavy atom. The largest absolute Gasteiger partial charge is 0.350 e. The molecular weight excluding hydrogens is 250 g/mol. The van der Waals surface area contributed by atoms with E-state index in [4.69, 9.17) is 16.3 Å². The van der Waals surface area contributed by atoms with Gasteiger partial charge in [0.05, 0.1) is 12.0 Å². The summed E-state index contributed by atoms with van der Waals surface area (Å²) in [6.07, 6.45) is 3.82. The second-order valence-corrected chi connectivity index (χ2v) is 5.38. The third-order valence-electron chi connectivity index (χ3n) is 3.81. The van der Waals surface area contributed by atoms with Crippen molar-refractivity contribution >= 4 is 17.5 Å². The Morgan fingerprint density at radius 3 is 2.83 bits per heavy atom. The van der Waals surface area contributed by atoms with Crippen LogP contribution >= 0.6 is 11.6 Å². The van der Waals surface area contributed by atoms with Crippen LogP contribution in [0.2, 0.25) is 5.02 Å². The van der Waals surface area contributed by atoms with E-state index < -0.39 is 6.23 Å². The van der Waals surface area contributed by atoms with Crippen molar-refractivity contribution in [1.82, 2.24) is 5.32 Å². The second-order valence-electron chi connectivity index (χ2n) is 4.98. The molecule has 0 spiro atoms. The number of carbonyl (C=O) groups excluding carboxylic acids is 1. The molecule has 1 aromatic rings. The summed E-state index contributed by atoms with van der Waals surface area (Å²) < 4.78 is 6.01. The van der Waals surface area contributed by atoms with E-state index in [1.54, 1.807) is 0 Å². The monoisotopic (exact) mass is 265 g/mol. The lowest BCUT2D eigenvalue weighted by Crippen LogP contribution is -2.49. The highest BCUT2D eigenvalue weighted by Crippen LogP contribution is 2.36. The molecule has 1 N–H and O–H groups in total. The standard InChI is InChI=1S/C14H16ClNO2/c15-11-7-3-1-5-9(11)14-16-13(17)10-6-2-4-8-12(10)18-14/h1,3,5,7,10,12,14H,2,4,6,8H2,(H,16,17). The van der Waals surface area contributed by atoms with Gasteiger partial charge in [-0.15, -0.1) is 0 Å². The molecule has 1 saturated carbocycles. The number of ether oxygens (including phenoxy) is 1. The van der Waals surface area contributed by atoms with E-state index in [0.717, 1.165) is 31.2 Å². The summed E-state index contributed by atoms with van der Waals surface area (Å²) in [5.41, 5.74) is 0.844. The maximum Gasteiger partial charge on any atom is 0.227 e. The van der Waals surface area contributed by atoms with Gasteiger partial charge in [-0.25, -0.2) is 0 Å². The van der Waals surface area contributed by atoms with E-state index in [0.29, 0.717) is 5.02 Å². The fourth-order valence-electron chi connectivity index (χ4n) is 2.84. The van der Waals surface area contributed by atoms with Gasteiger partial charge in [0.15, 0.2) is 6.23 Å². The molecule has 96 valence electrons. The lowest BCUT2D eigenvalue weighted by atomic mass is 9.84. The van der Waals surface area contributed by atoms with Crippen LogP contribution in [0.3, 0.4) is 0 Å². The summed E-state index contributed by atoms with van der Waals surface area (Å²) >= 11 is 6.15. The van der Waals surface area contributed by atoms with Crippen LogP contribution in [-0.4, -0.2) is 12.0 Å². The van der Waals surface area contributed by atoms with Gasteiger partial charge < -0.3 is 10.1 Å². The number of nitrogens with one attached hydrogen (secondary N) is 1. The molecule has 2 aliphatic rings. The highest BCUT2D eigenvalue weighted by molar-refractivity contribution is 6.31. The highest BCUT2D eigenvalue weighted by Gasteiger charge is 2.39. The first-order valence-corrected chi connectivity index (χ1v) is 6.84. The van der Waals surface area contributed by atoms with E-state index in [-0.39, 0.29) is 17.9 Å². The summed E-state index contributed by atoms with van der Waals surface area (Å²) in [6, 6.07) is 7.50. The number of halogens is 1. The van der Waals surface area contributed by atoms with E-state index in [1.165, 1.54) is 0 Å². The fraction of sp³-hybridized carbons (Fsp3) is 0.500. The first kappa shape index (κ1) is 12.0. The van der Waals surface area contributed by atoms with Crippen LogP contribution in [0.4, 0.5) is 0 Å². The zero-order valence-electron chi connectivity index (χ0n) is 10.1. The van der Waals surface area contributed by atoms with Crippen molar-refractivity contribution in [2.24, 2.45) is 5.92 Å². The minimum Gasteiger partial charge on any atom is -0.350 e. The predicted molar refractivity (Wildman–Crippen MR) is 69.2 cm³/mol. The molecule has 1 aromatic carbocycles. The molecule has 3 nitrogen and oxygen atoms in total. The van der Waals surface area contributed by atoms with Crippen molar-refractivity contribution < 1.29 is 9.53 Å². The molecule has 4 heteroatoms.